The topological polar surface area (TPSA) is 75.9 Å². The van der Waals surface area contributed by atoms with Crippen molar-refractivity contribution in [1.29, 1.82) is 0 Å². The van der Waals surface area contributed by atoms with Gasteiger partial charge in [-0.15, -0.1) is 10.2 Å². The number of halogens is 2. The summed E-state index contributed by atoms with van der Waals surface area (Å²) in [5, 5.41) is 9.57. The highest BCUT2D eigenvalue weighted by Gasteiger charge is 2.11. The maximum absolute atomic E-state index is 12.3. The van der Waals surface area contributed by atoms with Gasteiger partial charge in [-0.05, 0) is 40.2 Å². The lowest BCUT2D eigenvalue weighted by Gasteiger charge is -2.05. The summed E-state index contributed by atoms with van der Waals surface area (Å²) in [5.74, 6) is 1.08. The minimum absolute atomic E-state index is 0.163. The molecule has 0 aliphatic rings. The van der Waals surface area contributed by atoms with Crippen LogP contribution in [0.5, 0.6) is 0 Å². The zero-order chi connectivity index (χ0) is 16.7. The number of nitrogens with zero attached hydrogens (tertiary/aromatic N) is 4. The van der Waals surface area contributed by atoms with Crippen LogP contribution < -0.4 is 5.56 Å². The van der Waals surface area contributed by atoms with Crippen LogP contribution in [0.4, 0.5) is 0 Å². The van der Waals surface area contributed by atoms with Gasteiger partial charge in [0.2, 0.25) is 0 Å². The summed E-state index contributed by atoms with van der Waals surface area (Å²) in [6.45, 7) is 0. The highest BCUT2D eigenvalue weighted by molar-refractivity contribution is 9.11. The van der Waals surface area contributed by atoms with Crippen LogP contribution in [0.1, 0.15) is 5.82 Å². The summed E-state index contributed by atoms with van der Waals surface area (Å²) in [4.78, 5) is 19.7. The standard InChI is InChI=1S/C15H9Br2N5OS/c16-8-5-9-13(10(17)6-8)18-11(19-14(9)23)7-24-15-21-20-12-3-1-2-4-22(12)15/h1-6H,7H2,(H,18,19,23). The monoisotopic (exact) mass is 465 g/mol. The number of benzene rings is 1. The smallest absolute Gasteiger partial charge is 0.258 e. The number of aromatic nitrogens is 5. The van der Waals surface area contributed by atoms with Gasteiger partial charge in [0, 0.05) is 15.1 Å². The molecule has 4 aromatic rings. The number of hydrogen-bond acceptors (Lipinski definition) is 5. The van der Waals surface area contributed by atoms with Crippen molar-refractivity contribution < 1.29 is 0 Å². The number of pyridine rings is 1. The van der Waals surface area contributed by atoms with Gasteiger partial charge in [-0.3, -0.25) is 9.20 Å². The van der Waals surface area contributed by atoms with E-state index >= 15 is 0 Å². The molecule has 0 saturated heterocycles. The molecule has 1 N–H and O–H groups in total. The molecule has 0 bridgehead atoms. The van der Waals surface area contributed by atoms with Crippen LogP contribution in [0, 0.1) is 0 Å². The molecular formula is C15H9Br2N5OS. The number of H-pyrrole nitrogens is 1. The molecular weight excluding hydrogens is 458 g/mol. The van der Waals surface area contributed by atoms with E-state index in [9.17, 15) is 4.79 Å². The number of hydrogen-bond donors (Lipinski definition) is 1. The number of fused-ring (bicyclic) bond motifs is 2. The lowest BCUT2D eigenvalue weighted by molar-refractivity contribution is 0.917. The van der Waals surface area contributed by atoms with Crippen LogP contribution in [0.15, 0.2) is 55.4 Å². The van der Waals surface area contributed by atoms with E-state index in [4.69, 9.17) is 0 Å². The predicted octanol–water partition coefficient (Wildman–Crippen LogP) is 3.78. The number of aromatic amines is 1. The van der Waals surface area contributed by atoms with Crippen molar-refractivity contribution in [3.05, 3.63) is 61.7 Å². The highest BCUT2D eigenvalue weighted by atomic mass is 79.9. The average molecular weight is 467 g/mol. The molecule has 0 aliphatic carbocycles. The summed E-state index contributed by atoms with van der Waals surface area (Å²) in [6.07, 6.45) is 1.91. The SMILES string of the molecule is O=c1[nH]c(CSc2nnc3ccccn23)nc2c(Br)cc(Br)cc12. The van der Waals surface area contributed by atoms with E-state index in [-0.39, 0.29) is 5.56 Å². The summed E-state index contributed by atoms with van der Waals surface area (Å²) in [5.41, 5.74) is 1.26. The third-order valence-electron chi connectivity index (χ3n) is 3.40. The third kappa shape index (κ3) is 2.87. The van der Waals surface area contributed by atoms with Gasteiger partial charge in [0.15, 0.2) is 10.8 Å². The van der Waals surface area contributed by atoms with Crippen molar-refractivity contribution in [3.63, 3.8) is 0 Å². The molecule has 120 valence electrons. The van der Waals surface area contributed by atoms with Gasteiger partial charge in [-0.25, -0.2) is 4.98 Å². The summed E-state index contributed by atoms with van der Waals surface area (Å²) in [6, 6.07) is 9.36. The van der Waals surface area contributed by atoms with Gasteiger partial charge in [0.05, 0.1) is 16.7 Å². The third-order valence-corrected chi connectivity index (χ3v) is 5.41. The van der Waals surface area contributed by atoms with Gasteiger partial charge in [0.1, 0.15) is 5.82 Å². The van der Waals surface area contributed by atoms with Crippen LogP contribution in [-0.4, -0.2) is 24.6 Å². The largest absolute Gasteiger partial charge is 0.309 e. The molecule has 0 fully saturated rings. The fourth-order valence-corrected chi connectivity index (χ4v) is 4.44. The van der Waals surface area contributed by atoms with E-state index in [1.165, 1.54) is 11.8 Å². The molecule has 3 heterocycles. The molecule has 3 aromatic heterocycles. The first-order valence-electron chi connectivity index (χ1n) is 6.92. The van der Waals surface area contributed by atoms with Gasteiger partial charge < -0.3 is 4.98 Å². The van der Waals surface area contributed by atoms with Crippen LogP contribution in [0.2, 0.25) is 0 Å². The van der Waals surface area contributed by atoms with E-state index in [1.807, 2.05) is 34.9 Å². The maximum atomic E-state index is 12.3. The second-order valence-electron chi connectivity index (χ2n) is 5.00. The summed E-state index contributed by atoms with van der Waals surface area (Å²) in [7, 11) is 0. The Morgan fingerprint density at radius 2 is 2.08 bits per heavy atom. The first-order valence-corrected chi connectivity index (χ1v) is 9.49. The molecule has 6 nitrogen and oxygen atoms in total. The zero-order valence-corrected chi connectivity index (χ0v) is 16.0. The van der Waals surface area contributed by atoms with Gasteiger partial charge in [-0.2, -0.15) is 0 Å². The molecule has 0 aliphatic heterocycles. The van der Waals surface area contributed by atoms with Crippen molar-refractivity contribution in [2.45, 2.75) is 10.9 Å². The Hall–Kier alpha value is -1.71. The molecule has 4 rings (SSSR count). The maximum Gasteiger partial charge on any atom is 0.258 e. The van der Waals surface area contributed by atoms with Gasteiger partial charge in [0.25, 0.3) is 5.56 Å². The Kier molecular flexibility index (Phi) is 4.15. The number of rotatable bonds is 3. The normalized spacial score (nSPS) is 11.4. The Bertz CT molecular complexity index is 1120. The van der Waals surface area contributed by atoms with Crippen molar-refractivity contribution in [3.8, 4) is 0 Å². The van der Waals surface area contributed by atoms with Crippen LogP contribution in [0.3, 0.4) is 0 Å². The van der Waals surface area contributed by atoms with Crippen molar-refractivity contribution in [1.82, 2.24) is 24.6 Å². The summed E-state index contributed by atoms with van der Waals surface area (Å²) < 4.78 is 3.50. The second kappa shape index (κ2) is 6.30. The van der Waals surface area contributed by atoms with E-state index in [1.54, 1.807) is 6.07 Å². The fraction of sp³-hybridized carbons (Fsp3) is 0.0667. The van der Waals surface area contributed by atoms with Crippen molar-refractivity contribution in [2.24, 2.45) is 0 Å². The first-order chi connectivity index (χ1) is 11.6. The van der Waals surface area contributed by atoms with E-state index in [2.05, 4.69) is 52.0 Å². The Labute approximate surface area is 157 Å². The second-order valence-corrected chi connectivity index (χ2v) is 7.71. The fourth-order valence-electron chi connectivity index (χ4n) is 2.33. The Morgan fingerprint density at radius 3 is 2.96 bits per heavy atom. The number of nitrogens with one attached hydrogen (secondary N) is 1. The molecule has 0 unspecified atom stereocenters. The quantitative estimate of drug-likeness (QED) is 0.465. The van der Waals surface area contributed by atoms with Gasteiger partial charge >= 0.3 is 0 Å². The molecule has 0 atom stereocenters. The average Bonchev–Trinajstić information content (AvgIpc) is 2.97. The van der Waals surface area contributed by atoms with Crippen LogP contribution >= 0.6 is 43.6 Å². The van der Waals surface area contributed by atoms with E-state index < -0.39 is 0 Å². The highest BCUT2D eigenvalue weighted by Crippen LogP contribution is 2.26. The van der Waals surface area contributed by atoms with Gasteiger partial charge in [-0.1, -0.05) is 33.8 Å². The Balaban J connectivity index is 1.69. The van der Waals surface area contributed by atoms with E-state index in [0.29, 0.717) is 22.5 Å². The predicted molar refractivity (Wildman–Crippen MR) is 100 cm³/mol. The minimum atomic E-state index is -0.163. The van der Waals surface area contributed by atoms with Crippen LogP contribution in [-0.2, 0) is 5.75 Å². The first kappa shape index (κ1) is 15.8. The molecule has 9 heteroatoms. The molecule has 0 amide bonds. The van der Waals surface area contributed by atoms with Crippen molar-refractivity contribution >= 4 is 60.2 Å². The Morgan fingerprint density at radius 1 is 1.21 bits per heavy atom. The molecule has 0 spiro atoms. The summed E-state index contributed by atoms with van der Waals surface area (Å²) >= 11 is 8.31. The lowest BCUT2D eigenvalue weighted by Crippen LogP contribution is -2.11. The van der Waals surface area contributed by atoms with Crippen molar-refractivity contribution in [2.75, 3.05) is 0 Å². The minimum Gasteiger partial charge on any atom is -0.309 e. The molecule has 1 aromatic carbocycles. The zero-order valence-electron chi connectivity index (χ0n) is 12.0. The van der Waals surface area contributed by atoms with E-state index in [0.717, 1.165) is 19.7 Å². The van der Waals surface area contributed by atoms with Crippen LogP contribution in [0.25, 0.3) is 16.6 Å². The molecule has 0 radical (unpaired) electrons. The lowest BCUT2D eigenvalue weighted by atomic mass is 10.2. The molecule has 24 heavy (non-hydrogen) atoms. The molecule has 0 saturated carbocycles. The number of thioether (sulfide) groups is 1.